The van der Waals surface area contributed by atoms with Crippen molar-refractivity contribution in [2.24, 2.45) is 11.3 Å². The highest BCUT2D eigenvalue weighted by atomic mass is 16.2. The summed E-state index contributed by atoms with van der Waals surface area (Å²) in [6, 6.07) is 10.6. The molecular weight excluding hydrogens is 364 g/mol. The molecular formula is C23H34N4O2. The fourth-order valence-corrected chi connectivity index (χ4v) is 5.49. The van der Waals surface area contributed by atoms with Crippen molar-refractivity contribution in [3.63, 3.8) is 0 Å². The Labute approximate surface area is 174 Å². The van der Waals surface area contributed by atoms with Crippen molar-refractivity contribution in [1.82, 2.24) is 14.7 Å². The van der Waals surface area contributed by atoms with E-state index in [-0.39, 0.29) is 23.3 Å². The molecule has 2 atom stereocenters. The van der Waals surface area contributed by atoms with Crippen LogP contribution in [0, 0.1) is 11.3 Å². The number of hydrogen-bond donors (Lipinski definition) is 0. The highest BCUT2D eigenvalue weighted by molar-refractivity contribution is 5.82. The van der Waals surface area contributed by atoms with Crippen LogP contribution in [0.5, 0.6) is 0 Å². The lowest BCUT2D eigenvalue weighted by molar-refractivity contribution is -0.148. The van der Waals surface area contributed by atoms with Crippen molar-refractivity contribution in [2.75, 3.05) is 57.8 Å². The van der Waals surface area contributed by atoms with Gasteiger partial charge in [-0.3, -0.25) is 9.59 Å². The molecule has 6 nitrogen and oxygen atoms in total. The Kier molecular flexibility index (Phi) is 5.56. The van der Waals surface area contributed by atoms with Gasteiger partial charge in [0.05, 0.1) is 5.92 Å². The molecule has 3 fully saturated rings. The Morgan fingerprint density at radius 2 is 1.76 bits per heavy atom. The second-order valence-electron chi connectivity index (χ2n) is 9.37. The standard InChI is InChI=1S/C23H34N4O2/c1-18(2)27-17-23(10-9-21(27)28)16-24(3)15-20(23)22(29)26-13-11-25(12-14-26)19-7-5-4-6-8-19/h4-8,18,20H,9-17H2,1-3H3/t20-,23-/m0/s1. The zero-order valence-corrected chi connectivity index (χ0v) is 18.0. The molecule has 158 valence electrons. The maximum absolute atomic E-state index is 13.6. The molecule has 2 amide bonds. The summed E-state index contributed by atoms with van der Waals surface area (Å²) in [4.78, 5) is 34.7. The molecule has 6 heteroatoms. The van der Waals surface area contributed by atoms with Crippen LogP contribution >= 0.6 is 0 Å². The van der Waals surface area contributed by atoms with Gasteiger partial charge in [-0.1, -0.05) is 18.2 Å². The van der Waals surface area contributed by atoms with E-state index >= 15 is 0 Å². The first-order valence-corrected chi connectivity index (χ1v) is 11.0. The third-order valence-electron chi connectivity index (χ3n) is 7.09. The van der Waals surface area contributed by atoms with Crippen LogP contribution in [0.3, 0.4) is 0 Å². The molecule has 4 rings (SSSR count). The van der Waals surface area contributed by atoms with E-state index in [1.807, 2.05) is 11.0 Å². The number of hydrogen-bond acceptors (Lipinski definition) is 4. The topological polar surface area (TPSA) is 47.1 Å². The number of likely N-dealkylation sites (tertiary alicyclic amines) is 2. The molecule has 1 spiro atoms. The summed E-state index contributed by atoms with van der Waals surface area (Å²) < 4.78 is 0. The van der Waals surface area contributed by atoms with Crippen LogP contribution in [0.1, 0.15) is 26.7 Å². The van der Waals surface area contributed by atoms with Crippen LogP contribution in [0.15, 0.2) is 30.3 Å². The van der Waals surface area contributed by atoms with E-state index in [4.69, 9.17) is 0 Å². The Morgan fingerprint density at radius 1 is 1.07 bits per heavy atom. The van der Waals surface area contributed by atoms with Crippen molar-refractivity contribution in [1.29, 1.82) is 0 Å². The van der Waals surface area contributed by atoms with Gasteiger partial charge in [0.15, 0.2) is 0 Å². The largest absolute Gasteiger partial charge is 0.368 e. The summed E-state index contributed by atoms with van der Waals surface area (Å²) in [5.41, 5.74) is 1.13. The summed E-state index contributed by atoms with van der Waals surface area (Å²) in [6.07, 6.45) is 1.40. The van der Waals surface area contributed by atoms with Gasteiger partial charge in [-0.2, -0.15) is 0 Å². The number of para-hydroxylation sites is 1. The lowest BCUT2D eigenvalue weighted by atomic mass is 9.71. The number of carbonyl (C=O) groups excluding carboxylic acids is 2. The summed E-state index contributed by atoms with van der Waals surface area (Å²) >= 11 is 0. The summed E-state index contributed by atoms with van der Waals surface area (Å²) in [5.74, 6) is 0.521. The minimum absolute atomic E-state index is 0.00914. The number of anilines is 1. The molecule has 29 heavy (non-hydrogen) atoms. The molecule has 0 unspecified atom stereocenters. The lowest BCUT2D eigenvalue weighted by Gasteiger charge is -2.46. The Hall–Kier alpha value is -2.08. The smallest absolute Gasteiger partial charge is 0.227 e. The summed E-state index contributed by atoms with van der Waals surface area (Å²) in [7, 11) is 2.11. The van der Waals surface area contributed by atoms with Gasteiger partial charge in [-0.25, -0.2) is 0 Å². The van der Waals surface area contributed by atoms with Crippen LogP contribution in [0.4, 0.5) is 5.69 Å². The fraction of sp³-hybridized carbons (Fsp3) is 0.652. The fourth-order valence-electron chi connectivity index (χ4n) is 5.49. The van der Waals surface area contributed by atoms with Gasteiger partial charge in [0.25, 0.3) is 0 Å². The molecule has 0 radical (unpaired) electrons. The summed E-state index contributed by atoms with van der Waals surface area (Å²) in [5, 5.41) is 0. The second-order valence-corrected chi connectivity index (χ2v) is 9.37. The molecule has 0 aliphatic carbocycles. The van der Waals surface area contributed by atoms with E-state index in [1.54, 1.807) is 0 Å². The zero-order valence-electron chi connectivity index (χ0n) is 18.0. The first-order valence-electron chi connectivity index (χ1n) is 11.0. The van der Waals surface area contributed by atoms with Crippen LogP contribution in [-0.2, 0) is 9.59 Å². The molecule has 1 aromatic carbocycles. The van der Waals surface area contributed by atoms with E-state index in [0.717, 1.165) is 45.7 Å². The third kappa shape index (κ3) is 3.87. The first kappa shape index (κ1) is 20.2. The van der Waals surface area contributed by atoms with Crippen LogP contribution in [0.25, 0.3) is 0 Å². The molecule has 0 aromatic heterocycles. The second kappa shape index (κ2) is 7.98. The van der Waals surface area contributed by atoms with Gasteiger partial charge in [-0.05, 0) is 39.4 Å². The lowest BCUT2D eigenvalue weighted by Crippen LogP contribution is -2.57. The van der Waals surface area contributed by atoms with Gasteiger partial charge >= 0.3 is 0 Å². The van der Waals surface area contributed by atoms with Crippen molar-refractivity contribution in [3.05, 3.63) is 30.3 Å². The van der Waals surface area contributed by atoms with Gasteiger partial charge < -0.3 is 19.6 Å². The van der Waals surface area contributed by atoms with Crippen LogP contribution < -0.4 is 4.90 Å². The van der Waals surface area contributed by atoms with Crippen molar-refractivity contribution >= 4 is 17.5 Å². The van der Waals surface area contributed by atoms with Gasteiger partial charge in [0.2, 0.25) is 11.8 Å². The van der Waals surface area contributed by atoms with Crippen molar-refractivity contribution < 1.29 is 9.59 Å². The number of amides is 2. The SMILES string of the molecule is CC(C)N1C[C@]2(CCC1=O)CN(C)C[C@H]2C(=O)N1CCN(c2ccccc2)CC1. The van der Waals surface area contributed by atoms with E-state index in [2.05, 4.69) is 59.9 Å². The van der Waals surface area contributed by atoms with E-state index in [1.165, 1.54) is 5.69 Å². The number of carbonyl (C=O) groups is 2. The molecule has 3 aliphatic heterocycles. The average Bonchev–Trinajstić information content (AvgIpc) is 3.05. The maximum atomic E-state index is 13.6. The molecule has 3 aliphatic rings. The quantitative estimate of drug-likeness (QED) is 0.781. The highest BCUT2D eigenvalue weighted by Gasteiger charge is 2.53. The summed E-state index contributed by atoms with van der Waals surface area (Å²) in [6.45, 7) is 9.89. The predicted molar refractivity (Wildman–Crippen MR) is 115 cm³/mol. The average molecular weight is 399 g/mol. The monoisotopic (exact) mass is 398 g/mol. The highest BCUT2D eigenvalue weighted by Crippen LogP contribution is 2.44. The zero-order chi connectivity index (χ0) is 20.6. The predicted octanol–water partition coefficient (Wildman–Crippen LogP) is 1.91. The number of rotatable bonds is 3. The van der Waals surface area contributed by atoms with Crippen LogP contribution in [0.2, 0.25) is 0 Å². The van der Waals surface area contributed by atoms with E-state index in [9.17, 15) is 9.59 Å². The molecule has 0 N–H and O–H groups in total. The Morgan fingerprint density at radius 3 is 2.41 bits per heavy atom. The van der Waals surface area contributed by atoms with E-state index < -0.39 is 0 Å². The van der Waals surface area contributed by atoms with Gasteiger partial charge in [-0.15, -0.1) is 0 Å². The minimum atomic E-state index is -0.0966. The Balaban J connectivity index is 1.45. The van der Waals surface area contributed by atoms with Gasteiger partial charge in [0.1, 0.15) is 0 Å². The van der Waals surface area contributed by atoms with Crippen molar-refractivity contribution in [3.8, 4) is 0 Å². The molecule has 0 bridgehead atoms. The molecule has 0 saturated carbocycles. The number of benzene rings is 1. The number of piperazine rings is 1. The molecule has 1 aromatic rings. The number of nitrogens with zero attached hydrogens (tertiary/aromatic N) is 4. The molecule has 3 saturated heterocycles. The Bertz CT molecular complexity index is 745. The third-order valence-corrected chi connectivity index (χ3v) is 7.09. The van der Waals surface area contributed by atoms with Crippen LogP contribution in [-0.4, -0.2) is 85.4 Å². The normalized spacial score (nSPS) is 28.6. The maximum Gasteiger partial charge on any atom is 0.227 e. The van der Waals surface area contributed by atoms with Crippen molar-refractivity contribution in [2.45, 2.75) is 32.7 Å². The molecule has 3 heterocycles. The number of piperidine rings is 1. The van der Waals surface area contributed by atoms with Gasteiger partial charge in [0, 0.05) is 69.4 Å². The first-order chi connectivity index (χ1) is 13.9. The minimum Gasteiger partial charge on any atom is -0.368 e. The van der Waals surface area contributed by atoms with E-state index in [0.29, 0.717) is 18.9 Å².